The Morgan fingerprint density at radius 3 is 1.73 bits per heavy atom. The van der Waals surface area contributed by atoms with Crippen LogP contribution < -0.4 is 0 Å². The van der Waals surface area contributed by atoms with Gasteiger partial charge in [0.2, 0.25) is 0 Å². The van der Waals surface area contributed by atoms with Gasteiger partial charge in [-0.25, -0.2) is 0 Å². The Morgan fingerprint density at radius 2 is 1.12 bits per heavy atom. The van der Waals surface area contributed by atoms with E-state index in [9.17, 15) is 9.59 Å². The van der Waals surface area contributed by atoms with E-state index in [4.69, 9.17) is 28.7 Å². The highest BCUT2D eigenvalue weighted by molar-refractivity contribution is 5.75. The normalized spacial score (nSPS) is 39.3. The molecule has 0 aromatic carbocycles. The van der Waals surface area contributed by atoms with Crippen LogP contribution in [0.4, 0.5) is 0 Å². The first-order valence-electron chi connectivity index (χ1n) is 21.5. The minimum Gasteiger partial charge on any atom is -0.466 e. The maximum absolute atomic E-state index is 12.6. The molecule has 8 aliphatic rings. The van der Waals surface area contributed by atoms with Crippen LogP contribution in [0.3, 0.4) is 0 Å². The van der Waals surface area contributed by atoms with E-state index in [0.29, 0.717) is 54.6 Å². The van der Waals surface area contributed by atoms with Crippen LogP contribution in [0.1, 0.15) is 92.9 Å². The first-order chi connectivity index (χ1) is 27.2. The van der Waals surface area contributed by atoms with E-state index in [0.717, 1.165) is 60.7 Å². The molecule has 8 aliphatic carbocycles. The van der Waals surface area contributed by atoms with Crippen molar-refractivity contribution in [1.29, 1.82) is 0 Å². The SMILES string of the molecule is C1=CC2C3C=CC(C3)C2C1.CC=CC1CC(C=CC2CC(C)C3CC=CC23)C(CC)C1C(=O)OCC.CCOC(=O)C1C2C=CC(C2)C1CC.O=C=O.O=C=O. The van der Waals surface area contributed by atoms with E-state index >= 15 is 0 Å². The lowest BCUT2D eigenvalue weighted by atomic mass is 9.81. The Kier molecular flexibility index (Phi) is 17.8. The Morgan fingerprint density at radius 1 is 0.589 bits per heavy atom. The molecule has 0 aromatic heterocycles. The molecule has 56 heavy (non-hydrogen) atoms. The zero-order chi connectivity index (χ0) is 40.8. The second-order valence-corrected chi connectivity index (χ2v) is 16.9. The van der Waals surface area contributed by atoms with Crippen LogP contribution >= 0.6 is 0 Å². The molecule has 0 radical (unpaired) electrons. The van der Waals surface area contributed by atoms with Gasteiger partial charge < -0.3 is 9.47 Å². The summed E-state index contributed by atoms with van der Waals surface area (Å²) in [6.07, 6.45) is 38.6. The van der Waals surface area contributed by atoms with Crippen molar-refractivity contribution in [1.82, 2.24) is 0 Å². The summed E-state index contributed by atoms with van der Waals surface area (Å²) in [6.45, 7) is 13.6. The molecule has 0 spiro atoms. The van der Waals surface area contributed by atoms with Gasteiger partial charge in [-0.3, -0.25) is 9.59 Å². The summed E-state index contributed by atoms with van der Waals surface area (Å²) in [7, 11) is 0. The van der Waals surface area contributed by atoms with Gasteiger partial charge in [-0.05, 0) is 142 Å². The molecular weight excluding hydrogens is 705 g/mol. The lowest BCUT2D eigenvalue weighted by Crippen LogP contribution is -2.28. The summed E-state index contributed by atoms with van der Waals surface area (Å²) in [4.78, 5) is 56.9. The van der Waals surface area contributed by atoms with Crippen molar-refractivity contribution in [3.63, 3.8) is 0 Å². The highest BCUT2D eigenvalue weighted by atomic mass is 16.5. The maximum Gasteiger partial charge on any atom is 0.373 e. The standard InChI is InChI=1S/C24H36O2.C12H18O2.C10H12.2CO2/c1-5-9-19-15-18(20(6-2)23(19)24(25)26-7-3)13-12-17-14-16(4)21-10-8-11-22(17)21;1-3-10-8-5-6-9(7-8)11(10)12(13)14-4-2;1-2-9-7-4-5-8(6-7)10(9)3-1;2*2-1-3/h5,8-9,11-13,16-23H,6-7,10,14-15H2,1-4H3;5-6,8-11H,3-4,7H2,1-2H3;1-2,4-5,7-10H,3,6H2;;. The van der Waals surface area contributed by atoms with Gasteiger partial charge >= 0.3 is 24.2 Å². The molecule has 0 amide bonds. The molecule has 0 aliphatic heterocycles. The molecule has 4 fully saturated rings. The number of carbonyl (C=O) groups is 2. The van der Waals surface area contributed by atoms with Gasteiger partial charge in [0.15, 0.2) is 0 Å². The molecule has 4 bridgehead atoms. The number of ether oxygens (including phenoxy) is 2. The fraction of sp³-hybridized carbons (Fsp3) is 0.667. The number of esters is 2. The number of allylic oxidation sites excluding steroid dienone is 12. The van der Waals surface area contributed by atoms with Crippen LogP contribution in [0, 0.1) is 94.7 Å². The lowest BCUT2D eigenvalue weighted by molar-refractivity contribution is -0.193. The molecule has 306 valence electrons. The van der Waals surface area contributed by atoms with E-state index < -0.39 is 0 Å². The van der Waals surface area contributed by atoms with Gasteiger partial charge in [0.1, 0.15) is 0 Å². The summed E-state index contributed by atoms with van der Waals surface area (Å²) in [6, 6.07) is 0. The second kappa shape index (κ2) is 22.2. The molecule has 0 aromatic rings. The van der Waals surface area contributed by atoms with E-state index in [1.54, 1.807) is 0 Å². The summed E-state index contributed by atoms with van der Waals surface area (Å²) in [5, 5.41) is 0. The van der Waals surface area contributed by atoms with Gasteiger partial charge in [0, 0.05) is 0 Å². The average Bonchev–Trinajstić information content (AvgIpc) is 4.03. The molecule has 16 unspecified atom stereocenters. The third-order valence-corrected chi connectivity index (χ3v) is 14.3. The van der Waals surface area contributed by atoms with Gasteiger partial charge in [0.05, 0.1) is 25.0 Å². The molecule has 8 rings (SSSR count). The monoisotopic (exact) mass is 770 g/mol. The number of rotatable bonds is 9. The van der Waals surface area contributed by atoms with Crippen LogP contribution in [-0.4, -0.2) is 37.5 Å². The van der Waals surface area contributed by atoms with Gasteiger partial charge in [-0.2, -0.15) is 19.2 Å². The minimum absolute atomic E-state index is 0.00614. The van der Waals surface area contributed by atoms with Crippen molar-refractivity contribution in [2.45, 2.75) is 92.9 Å². The molecule has 0 N–H and O–H groups in total. The minimum atomic E-state index is 0.00614. The van der Waals surface area contributed by atoms with Crippen molar-refractivity contribution in [3.8, 4) is 0 Å². The van der Waals surface area contributed by atoms with Crippen molar-refractivity contribution >= 4 is 24.2 Å². The van der Waals surface area contributed by atoms with Crippen molar-refractivity contribution in [3.05, 3.63) is 72.9 Å². The first-order valence-corrected chi connectivity index (χ1v) is 21.5. The van der Waals surface area contributed by atoms with E-state index in [-0.39, 0.29) is 36.1 Å². The zero-order valence-corrected chi connectivity index (χ0v) is 34.5. The summed E-state index contributed by atoms with van der Waals surface area (Å²) >= 11 is 0. The third-order valence-electron chi connectivity index (χ3n) is 14.3. The molecule has 0 saturated heterocycles. The van der Waals surface area contributed by atoms with Gasteiger partial charge in [-0.1, -0.05) is 107 Å². The average molecular weight is 771 g/mol. The Hall–Kier alpha value is -3.86. The topological polar surface area (TPSA) is 121 Å². The second-order valence-electron chi connectivity index (χ2n) is 16.9. The maximum atomic E-state index is 12.6. The predicted molar refractivity (Wildman–Crippen MR) is 214 cm³/mol. The Bertz CT molecular complexity index is 1530. The Balaban J connectivity index is 0.000000192. The smallest absolute Gasteiger partial charge is 0.373 e. The van der Waals surface area contributed by atoms with E-state index in [1.807, 2.05) is 13.8 Å². The van der Waals surface area contributed by atoms with Crippen LogP contribution in [-0.2, 0) is 38.2 Å². The molecule has 0 heterocycles. The summed E-state index contributed by atoms with van der Waals surface area (Å²) in [5.41, 5.74) is 0. The summed E-state index contributed by atoms with van der Waals surface area (Å²) in [5.74, 6) is 10.00. The molecule has 8 heteroatoms. The number of fused-ring (bicyclic) bond motifs is 8. The van der Waals surface area contributed by atoms with Crippen LogP contribution in [0.5, 0.6) is 0 Å². The zero-order valence-electron chi connectivity index (χ0n) is 34.5. The molecule has 16 atom stereocenters. The Labute approximate surface area is 335 Å². The predicted octanol–water partition coefficient (Wildman–Crippen LogP) is 9.42. The third kappa shape index (κ3) is 10.4. The quantitative estimate of drug-likeness (QED) is 0.168. The highest BCUT2D eigenvalue weighted by Gasteiger charge is 2.48. The highest BCUT2D eigenvalue weighted by Crippen LogP contribution is 2.53. The van der Waals surface area contributed by atoms with E-state index in [2.05, 4.69) is 101 Å². The number of hydrogen-bond donors (Lipinski definition) is 0. The lowest BCUT2D eigenvalue weighted by Gasteiger charge is -2.24. The first kappa shape index (κ1) is 44.8. The molecule has 4 saturated carbocycles. The van der Waals surface area contributed by atoms with Crippen LogP contribution in [0.25, 0.3) is 0 Å². The largest absolute Gasteiger partial charge is 0.466 e. The van der Waals surface area contributed by atoms with Crippen molar-refractivity contribution < 1.29 is 38.2 Å². The van der Waals surface area contributed by atoms with Crippen LogP contribution in [0.15, 0.2) is 72.9 Å². The number of hydrogen-bond acceptors (Lipinski definition) is 8. The summed E-state index contributed by atoms with van der Waals surface area (Å²) < 4.78 is 10.6. The molecule has 8 nitrogen and oxygen atoms in total. The number of carbonyl (C=O) groups excluding carboxylic acids is 6. The van der Waals surface area contributed by atoms with Crippen molar-refractivity contribution in [2.75, 3.05) is 13.2 Å². The van der Waals surface area contributed by atoms with Gasteiger partial charge in [0.25, 0.3) is 0 Å². The van der Waals surface area contributed by atoms with Crippen molar-refractivity contribution in [2.24, 2.45) is 94.7 Å². The van der Waals surface area contributed by atoms with E-state index in [1.165, 1.54) is 32.1 Å². The molecular formula is C48H66O8. The fourth-order valence-corrected chi connectivity index (χ4v) is 12.1. The fourth-order valence-electron chi connectivity index (χ4n) is 12.1. The van der Waals surface area contributed by atoms with Gasteiger partial charge in [-0.15, -0.1) is 0 Å². The van der Waals surface area contributed by atoms with Crippen LogP contribution in [0.2, 0.25) is 0 Å².